The van der Waals surface area contributed by atoms with Crippen LogP contribution in [0, 0.1) is 0 Å². The third-order valence-corrected chi connectivity index (χ3v) is 2.21. The minimum Gasteiger partial charge on any atom is -0.367 e. The summed E-state index contributed by atoms with van der Waals surface area (Å²) in [5.74, 6) is 2.14. The summed E-state index contributed by atoms with van der Waals surface area (Å²) in [6, 6.07) is 0. The van der Waals surface area contributed by atoms with Gasteiger partial charge in [-0.1, -0.05) is 13.3 Å². The topological polar surface area (TPSA) is 9.23 Å². The molecule has 1 nitrogen and oxygen atoms in total. The molecule has 1 fully saturated rings. The van der Waals surface area contributed by atoms with Crippen molar-refractivity contribution in [2.45, 2.75) is 25.9 Å². The highest BCUT2D eigenvalue weighted by molar-refractivity contribution is 7.99. The monoisotopic (exact) mass is 132 g/mol. The van der Waals surface area contributed by atoms with Gasteiger partial charge in [-0.25, -0.2) is 0 Å². The summed E-state index contributed by atoms with van der Waals surface area (Å²) >= 11 is 1.90. The lowest BCUT2D eigenvalue weighted by Gasteiger charge is -2.03. The van der Waals surface area contributed by atoms with Gasteiger partial charge >= 0.3 is 0 Å². The molecule has 1 aliphatic rings. The van der Waals surface area contributed by atoms with E-state index in [0.717, 1.165) is 5.94 Å². The smallest absolute Gasteiger partial charge is 0.0926 e. The second kappa shape index (κ2) is 3.36. The van der Waals surface area contributed by atoms with Crippen LogP contribution in [-0.2, 0) is 4.74 Å². The van der Waals surface area contributed by atoms with Crippen LogP contribution in [0.15, 0.2) is 0 Å². The van der Waals surface area contributed by atoms with Crippen LogP contribution >= 0.6 is 11.8 Å². The molecular formula is C6H12OS. The number of hydrogen-bond donors (Lipinski definition) is 0. The number of hydrogen-bond acceptors (Lipinski definition) is 2. The zero-order valence-electron chi connectivity index (χ0n) is 5.22. The fourth-order valence-electron chi connectivity index (χ4n) is 0.861. The van der Waals surface area contributed by atoms with Crippen LogP contribution in [0.2, 0.25) is 0 Å². The lowest BCUT2D eigenvalue weighted by atomic mass is 10.2. The molecule has 1 saturated heterocycles. The minimum absolute atomic E-state index is 0.574. The number of ether oxygens (including phenoxy) is 1. The average Bonchev–Trinajstić information content (AvgIpc) is 2.19. The quantitative estimate of drug-likeness (QED) is 0.567. The fraction of sp³-hybridized carbons (Fsp3) is 1.00. The Morgan fingerprint density at radius 3 is 3.12 bits per heavy atom. The van der Waals surface area contributed by atoms with Gasteiger partial charge in [-0.15, -0.1) is 11.8 Å². The highest BCUT2D eigenvalue weighted by Crippen LogP contribution is 2.19. The molecule has 0 bridgehead atoms. The van der Waals surface area contributed by atoms with E-state index in [1.165, 1.54) is 18.6 Å². The highest BCUT2D eigenvalue weighted by atomic mass is 32.2. The van der Waals surface area contributed by atoms with Crippen molar-refractivity contribution >= 4 is 11.8 Å². The van der Waals surface area contributed by atoms with Gasteiger partial charge in [0.2, 0.25) is 0 Å². The molecule has 0 amide bonds. The molecule has 0 aliphatic carbocycles. The van der Waals surface area contributed by atoms with Crippen molar-refractivity contribution in [3.05, 3.63) is 0 Å². The molecule has 48 valence electrons. The van der Waals surface area contributed by atoms with Crippen LogP contribution in [-0.4, -0.2) is 17.8 Å². The zero-order chi connectivity index (χ0) is 5.82. The van der Waals surface area contributed by atoms with Crippen LogP contribution in [0.5, 0.6) is 0 Å². The van der Waals surface area contributed by atoms with Crippen LogP contribution in [0.1, 0.15) is 19.8 Å². The maximum Gasteiger partial charge on any atom is 0.0926 e. The Morgan fingerprint density at radius 2 is 2.62 bits per heavy atom. The first-order valence-electron chi connectivity index (χ1n) is 3.13. The van der Waals surface area contributed by atoms with Crippen molar-refractivity contribution in [2.75, 3.05) is 11.7 Å². The first kappa shape index (κ1) is 6.43. The van der Waals surface area contributed by atoms with Crippen molar-refractivity contribution in [2.24, 2.45) is 0 Å². The normalized spacial score (nSPS) is 28.9. The SMILES string of the molecule is CCCC1CSCO1. The first-order valence-corrected chi connectivity index (χ1v) is 4.28. The van der Waals surface area contributed by atoms with E-state index in [-0.39, 0.29) is 0 Å². The van der Waals surface area contributed by atoms with Gasteiger partial charge in [0, 0.05) is 5.75 Å². The lowest BCUT2D eigenvalue weighted by molar-refractivity contribution is 0.116. The van der Waals surface area contributed by atoms with Crippen molar-refractivity contribution in [3.8, 4) is 0 Å². The highest BCUT2D eigenvalue weighted by Gasteiger charge is 2.13. The van der Waals surface area contributed by atoms with E-state index in [4.69, 9.17) is 4.74 Å². The van der Waals surface area contributed by atoms with Gasteiger partial charge in [0.15, 0.2) is 0 Å². The van der Waals surface area contributed by atoms with E-state index >= 15 is 0 Å². The second-order valence-electron chi connectivity index (χ2n) is 2.07. The molecule has 0 aromatic rings. The second-order valence-corrected chi connectivity index (χ2v) is 3.04. The maximum atomic E-state index is 5.36. The Kier molecular flexibility index (Phi) is 2.70. The van der Waals surface area contributed by atoms with Gasteiger partial charge in [-0.2, -0.15) is 0 Å². The molecule has 1 unspecified atom stereocenters. The summed E-state index contributed by atoms with van der Waals surface area (Å²) in [6.45, 7) is 2.20. The molecule has 0 spiro atoms. The summed E-state index contributed by atoms with van der Waals surface area (Å²) in [7, 11) is 0. The average molecular weight is 132 g/mol. The molecular weight excluding hydrogens is 120 g/mol. The van der Waals surface area contributed by atoms with E-state index in [9.17, 15) is 0 Å². The van der Waals surface area contributed by atoms with Crippen molar-refractivity contribution in [3.63, 3.8) is 0 Å². The van der Waals surface area contributed by atoms with Crippen LogP contribution in [0.3, 0.4) is 0 Å². The predicted octanol–water partition coefficient (Wildman–Crippen LogP) is 1.88. The molecule has 0 aromatic heterocycles. The standard InChI is InChI=1S/C6H12OS/c1-2-3-6-4-8-5-7-6/h6H,2-5H2,1H3. The number of thioether (sulfide) groups is 1. The third-order valence-electron chi connectivity index (χ3n) is 1.30. The fourth-order valence-corrected chi connectivity index (χ4v) is 1.77. The van der Waals surface area contributed by atoms with E-state index in [1.807, 2.05) is 11.8 Å². The molecule has 1 heterocycles. The zero-order valence-corrected chi connectivity index (χ0v) is 6.04. The van der Waals surface area contributed by atoms with E-state index in [2.05, 4.69) is 6.92 Å². The molecule has 1 rings (SSSR count). The van der Waals surface area contributed by atoms with Crippen molar-refractivity contribution in [1.82, 2.24) is 0 Å². The summed E-state index contributed by atoms with van der Waals surface area (Å²) in [5.41, 5.74) is 0. The summed E-state index contributed by atoms with van der Waals surface area (Å²) < 4.78 is 5.36. The number of rotatable bonds is 2. The Balaban J connectivity index is 2.06. The van der Waals surface area contributed by atoms with Gasteiger partial charge in [-0.05, 0) is 6.42 Å². The Bertz CT molecular complexity index is 59.5. The van der Waals surface area contributed by atoms with Gasteiger partial charge in [0.05, 0.1) is 12.0 Å². The van der Waals surface area contributed by atoms with Gasteiger partial charge in [-0.3, -0.25) is 0 Å². The Hall–Kier alpha value is 0.310. The maximum absolute atomic E-state index is 5.36. The lowest BCUT2D eigenvalue weighted by Crippen LogP contribution is -2.06. The minimum atomic E-state index is 0.574. The van der Waals surface area contributed by atoms with Gasteiger partial charge in [0.1, 0.15) is 0 Å². The van der Waals surface area contributed by atoms with E-state index in [1.54, 1.807) is 0 Å². The predicted molar refractivity (Wildman–Crippen MR) is 37.1 cm³/mol. The molecule has 0 radical (unpaired) electrons. The van der Waals surface area contributed by atoms with Crippen molar-refractivity contribution in [1.29, 1.82) is 0 Å². The van der Waals surface area contributed by atoms with Crippen LogP contribution in [0.4, 0.5) is 0 Å². The Labute approximate surface area is 54.8 Å². The van der Waals surface area contributed by atoms with Gasteiger partial charge in [0.25, 0.3) is 0 Å². The van der Waals surface area contributed by atoms with Gasteiger partial charge < -0.3 is 4.74 Å². The molecule has 0 N–H and O–H groups in total. The summed E-state index contributed by atoms with van der Waals surface area (Å²) in [5, 5.41) is 0. The van der Waals surface area contributed by atoms with Crippen molar-refractivity contribution < 1.29 is 4.74 Å². The van der Waals surface area contributed by atoms with Crippen LogP contribution < -0.4 is 0 Å². The molecule has 0 saturated carbocycles. The summed E-state index contributed by atoms with van der Waals surface area (Å²) in [6.07, 6.45) is 3.07. The van der Waals surface area contributed by atoms with E-state index < -0.39 is 0 Å². The molecule has 0 aromatic carbocycles. The third kappa shape index (κ3) is 1.67. The summed E-state index contributed by atoms with van der Waals surface area (Å²) in [4.78, 5) is 0. The molecule has 1 aliphatic heterocycles. The Morgan fingerprint density at radius 1 is 1.75 bits per heavy atom. The largest absolute Gasteiger partial charge is 0.367 e. The molecule has 2 heteroatoms. The molecule has 8 heavy (non-hydrogen) atoms. The van der Waals surface area contributed by atoms with E-state index in [0.29, 0.717) is 6.10 Å². The first-order chi connectivity index (χ1) is 3.93. The molecule has 1 atom stereocenters. The van der Waals surface area contributed by atoms with Crippen LogP contribution in [0.25, 0.3) is 0 Å².